The van der Waals surface area contributed by atoms with Gasteiger partial charge in [0.05, 0.1) is 6.54 Å². The lowest BCUT2D eigenvalue weighted by atomic mass is 10.0. The molecule has 0 saturated carbocycles. The third kappa shape index (κ3) is 5.17. The number of para-hydroxylation sites is 1. The molecule has 128 valence electrons. The number of halogens is 1. The van der Waals surface area contributed by atoms with Crippen molar-refractivity contribution in [1.82, 2.24) is 5.32 Å². The Hall–Kier alpha value is -2.20. The van der Waals surface area contributed by atoms with Crippen LogP contribution in [0.3, 0.4) is 0 Å². The van der Waals surface area contributed by atoms with E-state index in [2.05, 4.69) is 24.5 Å². The number of ether oxygens (including phenoxy) is 1. The fourth-order valence-corrected chi connectivity index (χ4v) is 2.44. The zero-order valence-electron chi connectivity index (χ0n) is 14.2. The van der Waals surface area contributed by atoms with Crippen LogP contribution >= 0.6 is 11.6 Å². The second-order valence-electron chi connectivity index (χ2n) is 5.88. The van der Waals surface area contributed by atoms with E-state index in [1.165, 1.54) is 0 Å². The summed E-state index contributed by atoms with van der Waals surface area (Å²) in [5, 5.41) is 6.39. The van der Waals surface area contributed by atoms with Gasteiger partial charge in [-0.25, -0.2) is 4.79 Å². The van der Waals surface area contributed by atoms with Crippen LogP contribution in [0.15, 0.2) is 42.5 Å². The molecular formula is C19H23ClN2O2. The van der Waals surface area contributed by atoms with Gasteiger partial charge in [-0.3, -0.25) is 0 Å². The van der Waals surface area contributed by atoms with Crippen molar-refractivity contribution in [3.63, 3.8) is 0 Å². The number of rotatable bonds is 6. The third-order valence-electron chi connectivity index (χ3n) is 3.62. The number of amides is 2. The molecule has 0 aliphatic rings. The molecule has 0 unspecified atom stereocenters. The SMILES string of the molecule is Cc1cc(OCCNC(=O)Nc2ccccc2C(C)C)ccc1Cl. The Kier molecular flexibility index (Phi) is 6.50. The first-order valence-electron chi connectivity index (χ1n) is 8.00. The summed E-state index contributed by atoms with van der Waals surface area (Å²) in [6, 6.07) is 13.1. The smallest absolute Gasteiger partial charge is 0.319 e. The van der Waals surface area contributed by atoms with Crippen molar-refractivity contribution in [2.45, 2.75) is 26.7 Å². The third-order valence-corrected chi connectivity index (χ3v) is 4.04. The van der Waals surface area contributed by atoms with E-state index >= 15 is 0 Å². The minimum absolute atomic E-state index is 0.237. The predicted octanol–water partition coefficient (Wildman–Crippen LogP) is 4.97. The first-order valence-corrected chi connectivity index (χ1v) is 8.38. The van der Waals surface area contributed by atoms with Crippen molar-refractivity contribution in [1.29, 1.82) is 0 Å². The molecule has 0 aliphatic carbocycles. The molecule has 0 heterocycles. The number of carbonyl (C=O) groups is 1. The molecule has 0 radical (unpaired) electrons. The van der Waals surface area contributed by atoms with Gasteiger partial charge in [-0.2, -0.15) is 0 Å². The van der Waals surface area contributed by atoms with E-state index in [1.54, 1.807) is 6.07 Å². The summed E-state index contributed by atoms with van der Waals surface area (Å²) in [5.41, 5.74) is 2.91. The molecule has 0 bridgehead atoms. The van der Waals surface area contributed by atoms with Gasteiger partial charge in [0, 0.05) is 10.7 Å². The van der Waals surface area contributed by atoms with Gasteiger partial charge in [-0.05, 0) is 48.2 Å². The van der Waals surface area contributed by atoms with Gasteiger partial charge in [-0.1, -0.05) is 43.6 Å². The maximum absolute atomic E-state index is 12.0. The molecule has 0 atom stereocenters. The molecule has 2 aromatic carbocycles. The Morgan fingerprint density at radius 3 is 2.67 bits per heavy atom. The van der Waals surface area contributed by atoms with Crippen LogP contribution in [0.4, 0.5) is 10.5 Å². The van der Waals surface area contributed by atoms with Gasteiger partial charge < -0.3 is 15.4 Å². The molecule has 2 N–H and O–H groups in total. The molecule has 0 fully saturated rings. The summed E-state index contributed by atoms with van der Waals surface area (Å²) < 4.78 is 5.60. The summed E-state index contributed by atoms with van der Waals surface area (Å²) in [6.07, 6.45) is 0. The van der Waals surface area contributed by atoms with Crippen molar-refractivity contribution < 1.29 is 9.53 Å². The summed E-state index contributed by atoms with van der Waals surface area (Å²) >= 11 is 5.97. The lowest BCUT2D eigenvalue weighted by Crippen LogP contribution is -2.32. The number of urea groups is 1. The van der Waals surface area contributed by atoms with Crippen LogP contribution in [0.2, 0.25) is 5.02 Å². The lowest BCUT2D eigenvalue weighted by molar-refractivity contribution is 0.247. The molecular weight excluding hydrogens is 324 g/mol. The minimum atomic E-state index is -0.237. The Bertz CT molecular complexity index is 702. The van der Waals surface area contributed by atoms with Gasteiger partial charge in [0.1, 0.15) is 12.4 Å². The number of benzene rings is 2. The van der Waals surface area contributed by atoms with Crippen molar-refractivity contribution in [2.24, 2.45) is 0 Å². The van der Waals surface area contributed by atoms with Crippen LogP contribution in [0, 0.1) is 6.92 Å². The van der Waals surface area contributed by atoms with Crippen LogP contribution in [-0.2, 0) is 0 Å². The second-order valence-corrected chi connectivity index (χ2v) is 6.29. The molecule has 2 aromatic rings. The summed E-state index contributed by atoms with van der Waals surface area (Å²) in [6.45, 7) is 6.92. The van der Waals surface area contributed by atoms with E-state index in [0.29, 0.717) is 24.1 Å². The Labute approximate surface area is 148 Å². The normalized spacial score (nSPS) is 10.5. The fraction of sp³-hybridized carbons (Fsp3) is 0.316. The van der Waals surface area contributed by atoms with Crippen molar-refractivity contribution in [3.8, 4) is 5.75 Å². The molecule has 5 heteroatoms. The number of anilines is 1. The zero-order chi connectivity index (χ0) is 17.5. The van der Waals surface area contributed by atoms with E-state index in [4.69, 9.17) is 16.3 Å². The Morgan fingerprint density at radius 2 is 1.96 bits per heavy atom. The Balaban J connectivity index is 1.78. The highest BCUT2D eigenvalue weighted by molar-refractivity contribution is 6.31. The van der Waals surface area contributed by atoms with E-state index in [1.807, 2.05) is 43.3 Å². The van der Waals surface area contributed by atoms with Crippen LogP contribution in [-0.4, -0.2) is 19.2 Å². The minimum Gasteiger partial charge on any atom is -0.492 e. The topological polar surface area (TPSA) is 50.4 Å². The van der Waals surface area contributed by atoms with Gasteiger partial charge in [0.25, 0.3) is 0 Å². The second kappa shape index (κ2) is 8.60. The van der Waals surface area contributed by atoms with Crippen LogP contribution in [0.25, 0.3) is 0 Å². The maximum Gasteiger partial charge on any atom is 0.319 e. The summed E-state index contributed by atoms with van der Waals surface area (Å²) in [4.78, 5) is 12.0. The molecule has 0 aromatic heterocycles. The molecule has 0 aliphatic heterocycles. The highest BCUT2D eigenvalue weighted by Crippen LogP contribution is 2.23. The quantitative estimate of drug-likeness (QED) is 0.725. The largest absolute Gasteiger partial charge is 0.492 e. The van der Waals surface area contributed by atoms with E-state index < -0.39 is 0 Å². The van der Waals surface area contributed by atoms with E-state index in [9.17, 15) is 4.79 Å². The lowest BCUT2D eigenvalue weighted by Gasteiger charge is -2.14. The van der Waals surface area contributed by atoms with Gasteiger partial charge in [-0.15, -0.1) is 0 Å². The molecule has 24 heavy (non-hydrogen) atoms. The Morgan fingerprint density at radius 1 is 1.21 bits per heavy atom. The van der Waals surface area contributed by atoms with Crippen molar-refractivity contribution >= 4 is 23.3 Å². The summed E-state index contributed by atoms with van der Waals surface area (Å²) in [7, 11) is 0. The number of carbonyl (C=O) groups excluding carboxylic acids is 1. The number of aryl methyl sites for hydroxylation is 1. The van der Waals surface area contributed by atoms with Gasteiger partial charge >= 0.3 is 6.03 Å². The molecule has 4 nitrogen and oxygen atoms in total. The zero-order valence-corrected chi connectivity index (χ0v) is 15.0. The van der Waals surface area contributed by atoms with Crippen LogP contribution in [0.5, 0.6) is 5.75 Å². The van der Waals surface area contributed by atoms with E-state index in [0.717, 1.165) is 22.6 Å². The molecule has 2 rings (SSSR count). The standard InChI is InChI=1S/C19H23ClN2O2/c1-13(2)16-6-4-5-7-18(16)22-19(23)21-10-11-24-15-8-9-17(20)14(3)12-15/h4-9,12-13H,10-11H2,1-3H3,(H2,21,22,23). The van der Waals surface area contributed by atoms with Crippen LogP contribution < -0.4 is 15.4 Å². The van der Waals surface area contributed by atoms with Crippen molar-refractivity contribution in [2.75, 3.05) is 18.5 Å². The first kappa shape index (κ1) is 18.1. The molecule has 2 amide bonds. The van der Waals surface area contributed by atoms with Crippen molar-refractivity contribution in [3.05, 3.63) is 58.6 Å². The first-order chi connectivity index (χ1) is 11.5. The number of nitrogens with one attached hydrogen (secondary N) is 2. The average Bonchev–Trinajstić information content (AvgIpc) is 2.55. The highest BCUT2D eigenvalue weighted by Gasteiger charge is 2.08. The average molecular weight is 347 g/mol. The number of hydrogen-bond acceptors (Lipinski definition) is 2. The van der Waals surface area contributed by atoms with Gasteiger partial charge in [0.15, 0.2) is 0 Å². The fourth-order valence-electron chi connectivity index (χ4n) is 2.32. The molecule has 0 saturated heterocycles. The highest BCUT2D eigenvalue weighted by atomic mass is 35.5. The monoisotopic (exact) mass is 346 g/mol. The molecule has 0 spiro atoms. The van der Waals surface area contributed by atoms with Gasteiger partial charge in [0.2, 0.25) is 0 Å². The summed E-state index contributed by atoms with van der Waals surface area (Å²) in [5.74, 6) is 1.09. The van der Waals surface area contributed by atoms with Crippen LogP contribution in [0.1, 0.15) is 30.9 Å². The maximum atomic E-state index is 12.0. The number of hydrogen-bond donors (Lipinski definition) is 2. The predicted molar refractivity (Wildman–Crippen MR) is 99.2 cm³/mol. The van der Waals surface area contributed by atoms with E-state index in [-0.39, 0.29) is 6.03 Å².